The van der Waals surface area contributed by atoms with Gasteiger partial charge in [-0.15, -0.1) is 0 Å². The van der Waals surface area contributed by atoms with Gasteiger partial charge in [0.25, 0.3) is 0 Å². The van der Waals surface area contributed by atoms with Crippen molar-refractivity contribution >= 4 is 0 Å². The second kappa shape index (κ2) is 6.21. The average Bonchev–Trinajstić information content (AvgIpc) is 2.55. The van der Waals surface area contributed by atoms with Gasteiger partial charge < -0.3 is 15.4 Å². The molecule has 1 aliphatic heterocycles. The third-order valence-electron chi connectivity index (χ3n) is 3.61. The minimum absolute atomic E-state index is 0.0885. The number of nitrogens with two attached hydrogens (primary N) is 1. The standard InChI is InChI=1S/C15H24N2O/c1-12(16)13-5-7-15(8-6-13)18-14-4-3-10-17(2)11-9-14/h5-8,12,14H,3-4,9-11,16H2,1-2H3. The van der Waals surface area contributed by atoms with Crippen LogP contribution in [0, 0.1) is 0 Å². The van der Waals surface area contributed by atoms with Gasteiger partial charge in [-0.05, 0) is 57.5 Å². The van der Waals surface area contributed by atoms with E-state index in [1.165, 1.54) is 13.0 Å². The van der Waals surface area contributed by atoms with Crippen LogP contribution in [0.3, 0.4) is 0 Å². The van der Waals surface area contributed by atoms with Crippen molar-refractivity contribution in [1.82, 2.24) is 4.90 Å². The Balaban J connectivity index is 1.92. The molecule has 2 unspecified atom stereocenters. The summed E-state index contributed by atoms with van der Waals surface area (Å²) in [5.74, 6) is 0.967. The highest BCUT2D eigenvalue weighted by Gasteiger charge is 2.16. The molecule has 0 amide bonds. The molecule has 1 fully saturated rings. The Hall–Kier alpha value is -1.06. The molecular formula is C15H24N2O. The van der Waals surface area contributed by atoms with Crippen LogP contribution in [0.4, 0.5) is 0 Å². The third-order valence-corrected chi connectivity index (χ3v) is 3.61. The van der Waals surface area contributed by atoms with E-state index in [4.69, 9.17) is 10.5 Å². The highest BCUT2D eigenvalue weighted by atomic mass is 16.5. The van der Waals surface area contributed by atoms with Crippen LogP contribution in [-0.2, 0) is 0 Å². The highest BCUT2D eigenvalue weighted by molar-refractivity contribution is 5.28. The van der Waals surface area contributed by atoms with Crippen LogP contribution in [0.2, 0.25) is 0 Å². The van der Waals surface area contributed by atoms with E-state index >= 15 is 0 Å². The van der Waals surface area contributed by atoms with Gasteiger partial charge in [-0.2, -0.15) is 0 Å². The topological polar surface area (TPSA) is 38.5 Å². The van der Waals surface area contributed by atoms with Gasteiger partial charge >= 0.3 is 0 Å². The quantitative estimate of drug-likeness (QED) is 0.893. The van der Waals surface area contributed by atoms with Gasteiger partial charge in [0, 0.05) is 12.6 Å². The van der Waals surface area contributed by atoms with Crippen LogP contribution in [0.25, 0.3) is 0 Å². The minimum Gasteiger partial charge on any atom is -0.490 e. The van der Waals surface area contributed by atoms with Gasteiger partial charge in [-0.3, -0.25) is 0 Å². The second-order valence-electron chi connectivity index (χ2n) is 5.33. The number of ether oxygens (including phenoxy) is 1. The summed E-state index contributed by atoms with van der Waals surface area (Å²) >= 11 is 0. The van der Waals surface area contributed by atoms with Crippen LogP contribution in [-0.4, -0.2) is 31.1 Å². The first-order chi connectivity index (χ1) is 8.65. The van der Waals surface area contributed by atoms with Crippen molar-refractivity contribution in [1.29, 1.82) is 0 Å². The fourth-order valence-electron chi connectivity index (χ4n) is 2.37. The lowest BCUT2D eigenvalue weighted by molar-refractivity contribution is 0.183. The Labute approximate surface area is 110 Å². The third kappa shape index (κ3) is 3.72. The number of nitrogens with zero attached hydrogens (tertiary/aromatic N) is 1. The lowest BCUT2D eigenvalue weighted by Crippen LogP contribution is -2.21. The number of benzene rings is 1. The predicted octanol–water partition coefficient (Wildman–Crippen LogP) is 2.57. The molecule has 3 heteroatoms. The molecule has 2 N–H and O–H groups in total. The molecule has 1 saturated heterocycles. The van der Waals surface area contributed by atoms with Crippen molar-refractivity contribution in [3.05, 3.63) is 29.8 Å². The van der Waals surface area contributed by atoms with Crippen LogP contribution >= 0.6 is 0 Å². The zero-order valence-electron chi connectivity index (χ0n) is 11.4. The Morgan fingerprint density at radius 3 is 2.61 bits per heavy atom. The van der Waals surface area contributed by atoms with Gasteiger partial charge in [0.05, 0.1) is 6.10 Å². The smallest absolute Gasteiger partial charge is 0.119 e. The molecule has 2 rings (SSSR count). The lowest BCUT2D eigenvalue weighted by atomic mass is 10.1. The first-order valence-corrected chi connectivity index (χ1v) is 6.86. The van der Waals surface area contributed by atoms with Gasteiger partial charge in [-0.25, -0.2) is 0 Å². The van der Waals surface area contributed by atoms with Crippen molar-refractivity contribution < 1.29 is 4.74 Å². The zero-order valence-corrected chi connectivity index (χ0v) is 11.4. The van der Waals surface area contributed by atoms with Gasteiger partial charge in [0.1, 0.15) is 5.75 Å². The summed E-state index contributed by atoms with van der Waals surface area (Å²) in [6, 6.07) is 8.28. The van der Waals surface area contributed by atoms with Crippen molar-refractivity contribution in [2.45, 2.75) is 38.3 Å². The molecule has 100 valence electrons. The fourth-order valence-corrected chi connectivity index (χ4v) is 2.37. The normalized spacial score (nSPS) is 23.4. The first kappa shape index (κ1) is 13.4. The predicted molar refractivity (Wildman–Crippen MR) is 74.8 cm³/mol. The molecule has 1 aliphatic rings. The highest BCUT2D eigenvalue weighted by Crippen LogP contribution is 2.20. The van der Waals surface area contributed by atoms with Crippen molar-refractivity contribution in [3.63, 3.8) is 0 Å². The molecule has 1 aromatic carbocycles. The largest absolute Gasteiger partial charge is 0.490 e. The van der Waals surface area contributed by atoms with Gasteiger partial charge in [0.2, 0.25) is 0 Å². The number of hydrogen-bond donors (Lipinski definition) is 1. The molecule has 1 aromatic rings. The van der Waals surface area contributed by atoms with E-state index in [0.717, 1.165) is 30.7 Å². The summed E-state index contributed by atoms with van der Waals surface area (Å²) in [6.45, 7) is 4.31. The maximum absolute atomic E-state index is 6.05. The van der Waals surface area contributed by atoms with Crippen molar-refractivity contribution in [2.24, 2.45) is 5.73 Å². The zero-order chi connectivity index (χ0) is 13.0. The molecule has 0 radical (unpaired) electrons. The summed E-state index contributed by atoms with van der Waals surface area (Å²) in [4.78, 5) is 2.38. The second-order valence-corrected chi connectivity index (χ2v) is 5.33. The van der Waals surface area contributed by atoms with E-state index in [1.807, 2.05) is 19.1 Å². The van der Waals surface area contributed by atoms with E-state index in [9.17, 15) is 0 Å². The minimum atomic E-state index is 0.0885. The van der Waals surface area contributed by atoms with E-state index in [1.54, 1.807) is 0 Å². The Morgan fingerprint density at radius 2 is 1.94 bits per heavy atom. The molecule has 18 heavy (non-hydrogen) atoms. The molecule has 1 heterocycles. The van der Waals surface area contributed by atoms with E-state index < -0.39 is 0 Å². The summed E-state index contributed by atoms with van der Waals surface area (Å²) in [6.07, 6.45) is 3.85. The fraction of sp³-hybridized carbons (Fsp3) is 0.600. The van der Waals surface area contributed by atoms with E-state index in [2.05, 4.69) is 24.1 Å². The molecule has 3 nitrogen and oxygen atoms in total. The molecule has 0 aromatic heterocycles. The summed E-state index contributed by atoms with van der Waals surface area (Å²) in [5, 5.41) is 0. The van der Waals surface area contributed by atoms with E-state index in [0.29, 0.717) is 6.10 Å². The van der Waals surface area contributed by atoms with E-state index in [-0.39, 0.29) is 6.04 Å². The Morgan fingerprint density at radius 1 is 1.22 bits per heavy atom. The summed E-state index contributed by atoms with van der Waals surface area (Å²) in [7, 11) is 2.18. The van der Waals surface area contributed by atoms with Crippen LogP contribution in [0.15, 0.2) is 24.3 Å². The van der Waals surface area contributed by atoms with Crippen LogP contribution < -0.4 is 10.5 Å². The monoisotopic (exact) mass is 248 g/mol. The SMILES string of the molecule is CC(N)c1ccc(OC2CCCN(C)CC2)cc1. The number of likely N-dealkylation sites (tertiary alicyclic amines) is 1. The van der Waals surface area contributed by atoms with Gasteiger partial charge in [0.15, 0.2) is 0 Å². The molecular weight excluding hydrogens is 224 g/mol. The average molecular weight is 248 g/mol. The first-order valence-electron chi connectivity index (χ1n) is 6.86. The molecule has 0 bridgehead atoms. The Bertz CT molecular complexity index is 361. The maximum Gasteiger partial charge on any atom is 0.119 e. The van der Waals surface area contributed by atoms with Crippen LogP contribution in [0.1, 0.15) is 37.8 Å². The maximum atomic E-state index is 6.05. The van der Waals surface area contributed by atoms with Crippen molar-refractivity contribution in [2.75, 3.05) is 20.1 Å². The lowest BCUT2D eigenvalue weighted by Gasteiger charge is -2.18. The molecule has 0 spiro atoms. The molecule has 0 saturated carbocycles. The summed E-state index contributed by atoms with van der Waals surface area (Å²) in [5.41, 5.74) is 6.99. The summed E-state index contributed by atoms with van der Waals surface area (Å²) < 4.78 is 6.05. The van der Waals surface area contributed by atoms with Crippen molar-refractivity contribution in [3.8, 4) is 5.75 Å². The number of rotatable bonds is 3. The Kier molecular flexibility index (Phi) is 4.61. The molecule has 0 aliphatic carbocycles. The molecule has 2 atom stereocenters. The number of hydrogen-bond acceptors (Lipinski definition) is 3. The van der Waals surface area contributed by atoms with Crippen LogP contribution in [0.5, 0.6) is 5.75 Å². The van der Waals surface area contributed by atoms with Gasteiger partial charge in [-0.1, -0.05) is 12.1 Å².